The molecule has 1 atom stereocenters. The molecule has 0 amide bonds. The summed E-state index contributed by atoms with van der Waals surface area (Å²) in [7, 11) is 3.52. The highest BCUT2D eigenvalue weighted by Gasteiger charge is 2.18. The smallest absolute Gasteiger partial charge is 0.225 e. The molecule has 0 bridgehead atoms. The fourth-order valence-corrected chi connectivity index (χ4v) is 1.92. The molecule has 0 spiro atoms. The lowest BCUT2D eigenvalue weighted by Crippen LogP contribution is -2.29. The lowest BCUT2D eigenvalue weighted by molar-refractivity contribution is 0.116. The molecule has 1 saturated heterocycles. The first-order valence-corrected chi connectivity index (χ1v) is 5.70. The lowest BCUT2D eigenvalue weighted by atomic mass is 10.2. The van der Waals surface area contributed by atoms with E-state index in [1.54, 1.807) is 13.2 Å². The summed E-state index contributed by atoms with van der Waals surface area (Å²) in [4.78, 5) is 10.1. The van der Waals surface area contributed by atoms with Gasteiger partial charge in [0.15, 0.2) is 0 Å². The number of rotatable bonds is 4. The topological polar surface area (TPSA) is 73.5 Å². The van der Waals surface area contributed by atoms with Crippen LogP contribution in [0.5, 0.6) is 5.88 Å². The molecule has 0 saturated carbocycles. The number of aromatic nitrogens is 2. The van der Waals surface area contributed by atoms with Crippen molar-refractivity contribution in [3.8, 4) is 5.88 Å². The number of likely N-dealkylation sites (N-methyl/N-ethyl adjacent to an activating group) is 1. The molecule has 0 radical (unpaired) electrons. The van der Waals surface area contributed by atoms with Gasteiger partial charge in [-0.2, -0.15) is 9.97 Å². The zero-order valence-corrected chi connectivity index (χ0v) is 10.2. The summed E-state index contributed by atoms with van der Waals surface area (Å²) in [5.41, 5.74) is 5.62. The van der Waals surface area contributed by atoms with Gasteiger partial charge < -0.3 is 20.1 Å². The first-order valence-electron chi connectivity index (χ1n) is 5.70. The van der Waals surface area contributed by atoms with Crippen LogP contribution in [-0.2, 0) is 4.74 Å². The summed E-state index contributed by atoms with van der Waals surface area (Å²) in [5.74, 6) is 1.45. The number of hydrogen-bond acceptors (Lipinski definition) is 6. The molecule has 1 aromatic rings. The molecular weight excluding hydrogens is 220 g/mol. The predicted molar refractivity (Wildman–Crippen MR) is 65.2 cm³/mol. The van der Waals surface area contributed by atoms with Crippen molar-refractivity contribution in [2.24, 2.45) is 0 Å². The second kappa shape index (κ2) is 5.18. The fourth-order valence-electron chi connectivity index (χ4n) is 1.92. The zero-order valence-electron chi connectivity index (χ0n) is 10.2. The van der Waals surface area contributed by atoms with Crippen molar-refractivity contribution in [2.75, 3.05) is 37.9 Å². The first kappa shape index (κ1) is 11.9. The highest BCUT2D eigenvalue weighted by Crippen LogP contribution is 2.20. The van der Waals surface area contributed by atoms with E-state index in [-0.39, 0.29) is 12.1 Å². The van der Waals surface area contributed by atoms with E-state index in [2.05, 4.69) is 9.97 Å². The van der Waals surface area contributed by atoms with Crippen LogP contribution in [0.25, 0.3) is 0 Å². The van der Waals surface area contributed by atoms with Crippen molar-refractivity contribution in [3.05, 3.63) is 6.07 Å². The molecule has 2 heterocycles. The van der Waals surface area contributed by atoms with Gasteiger partial charge in [-0.25, -0.2) is 0 Å². The summed E-state index contributed by atoms with van der Waals surface area (Å²) in [6, 6.07) is 1.77. The van der Waals surface area contributed by atoms with Crippen LogP contribution in [0.2, 0.25) is 0 Å². The number of nitrogen functional groups attached to an aromatic ring is 1. The van der Waals surface area contributed by atoms with Gasteiger partial charge in [-0.15, -0.1) is 0 Å². The molecule has 1 aliphatic rings. The summed E-state index contributed by atoms with van der Waals surface area (Å²) in [5, 5.41) is 0. The molecule has 0 aliphatic carbocycles. The Bertz CT molecular complexity index is 380. The van der Waals surface area contributed by atoms with E-state index < -0.39 is 0 Å². The summed E-state index contributed by atoms with van der Waals surface area (Å²) in [6.07, 6.45) is 2.51. The third-order valence-electron chi connectivity index (χ3n) is 2.81. The largest absolute Gasteiger partial charge is 0.481 e. The van der Waals surface area contributed by atoms with Gasteiger partial charge in [0.05, 0.1) is 13.2 Å². The van der Waals surface area contributed by atoms with E-state index in [0.717, 1.165) is 31.8 Å². The van der Waals surface area contributed by atoms with E-state index in [9.17, 15) is 0 Å². The third-order valence-corrected chi connectivity index (χ3v) is 2.81. The molecule has 94 valence electrons. The molecule has 6 heteroatoms. The van der Waals surface area contributed by atoms with Gasteiger partial charge in [0.1, 0.15) is 5.82 Å². The van der Waals surface area contributed by atoms with Gasteiger partial charge in [0, 0.05) is 26.3 Å². The van der Waals surface area contributed by atoms with Crippen molar-refractivity contribution in [1.29, 1.82) is 0 Å². The number of anilines is 2. The van der Waals surface area contributed by atoms with Crippen molar-refractivity contribution in [2.45, 2.75) is 18.9 Å². The van der Waals surface area contributed by atoms with Gasteiger partial charge in [0.2, 0.25) is 11.8 Å². The molecule has 2 rings (SSSR count). The van der Waals surface area contributed by atoms with E-state index in [1.807, 2.05) is 11.9 Å². The molecule has 6 nitrogen and oxygen atoms in total. The van der Waals surface area contributed by atoms with Gasteiger partial charge in [-0.1, -0.05) is 0 Å². The maximum absolute atomic E-state index is 5.62. The second-order valence-electron chi connectivity index (χ2n) is 4.14. The van der Waals surface area contributed by atoms with Crippen LogP contribution in [0.3, 0.4) is 0 Å². The van der Waals surface area contributed by atoms with Gasteiger partial charge >= 0.3 is 0 Å². The van der Waals surface area contributed by atoms with E-state index in [0.29, 0.717) is 5.88 Å². The highest BCUT2D eigenvalue weighted by molar-refractivity contribution is 5.44. The van der Waals surface area contributed by atoms with Crippen LogP contribution >= 0.6 is 0 Å². The standard InChI is InChI=1S/C11H18N4O2/c1-15(7-8-4-3-5-17-8)9-6-10(16-2)14-11(12)13-9/h6,8H,3-5,7H2,1-2H3,(H2,12,13,14). The van der Waals surface area contributed by atoms with Crippen molar-refractivity contribution >= 4 is 11.8 Å². The van der Waals surface area contributed by atoms with Crippen LogP contribution in [0, 0.1) is 0 Å². The Morgan fingerprint density at radius 2 is 2.41 bits per heavy atom. The Balaban J connectivity index is 2.06. The quantitative estimate of drug-likeness (QED) is 0.831. The molecule has 17 heavy (non-hydrogen) atoms. The highest BCUT2D eigenvalue weighted by atomic mass is 16.5. The maximum atomic E-state index is 5.62. The molecule has 2 N–H and O–H groups in total. The fraction of sp³-hybridized carbons (Fsp3) is 0.636. The van der Waals surface area contributed by atoms with Crippen LogP contribution < -0.4 is 15.4 Å². The average Bonchev–Trinajstić information content (AvgIpc) is 2.81. The molecule has 1 fully saturated rings. The summed E-state index contributed by atoms with van der Waals surface area (Å²) in [6.45, 7) is 1.66. The van der Waals surface area contributed by atoms with E-state index >= 15 is 0 Å². The molecule has 1 aromatic heterocycles. The monoisotopic (exact) mass is 238 g/mol. The Morgan fingerprint density at radius 1 is 1.59 bits per heavy atom. The SMILES string of the molecule is COc1cc(N(C)CC2CCCO2)nc(N)n1. The molecular formula is C11H18N4O2. The van der Waals surface area contributed by atoms with Crippen LogP contribution in [0.15, 0.2) is 6.07 Å². The van der Waals surface area contributed by atoms with Crippen LogP contribution in [-0.4, -0.2) is 43.4 Å². The van der Waals surface area contributed by atoms with Gasteiger partial charge in [0.25, 0.3) is 0 Å². The first-order chi connectivity index (χ1) is 8.19. The Hall–Kier alpha value is -1.56. The number of nitrogens with zero attached hydrogens (tertiary/aromatic N) is 3. The molecule has 0 aromatic carbocycles. The van der Waals surface area contributed by atoms with Crippen molar-refractivity contribution < 1.29 is 9.47 Å². The Morgan fingerprint density at radius 3 is 3.06 bits per heavy atom. The van der Waals surface area contributed by atoms with Crippen LogP contribution in [0.1, 0.15) is 12.8 Å². The van der Waals surface area contributed by atoms with Crippen molar-refractivity contribution in [1.82, 2.24) is 9.97 Å². The summed E-state index contributed by atoms with van der Waals surface area (Å²) >= 11 is 0. The second-order valence-corrected chi connectivity index (χ2v) is 4.14. The minimum Gasteiger partial charge on any atom is -0.481 e. The van der Waals surface area contributed by atoms with Gasteiger partial charge in [-0.05, 0) is 12.8 Å². The van der Waals surface area contributed by atoms with Crippen LogP contribution in [0.4, 0.5) is 11.8 Å². The predicted octanol–water partition coefficient (Wildman–Crippen LogP) is 0.683. The Labute approximate surface area is 101 Å². The minimum atomic E-state index is 0.221. The summed E-state index contributed by atoms with van der Waals surface area (Å²) < 4.78 is 10.7. The third kappa shape index (κ3) is 2.97. The van der Waals surface area contributed by atoms with E-state index in [1.165, 1.54) is 0 Å². The van der Waals surface area contributed by atoms with Gasteiger partial charge in [-0.3, -0.25) is 0 Å². The Kier molecular flexibility index (Phi) is 3.63. The van der Waals surface area contributed by atoms with Crippen molar-refractivity contribution in [3.63, 3.8) is 0 Å². The lowest BCUT2D eigenvalue weighted by Gasteiger charge is -2.21. The molecule has 1 aliphatic heterocycles. The average molecular weight is 238 g/mol. The number of methoxy groups -OCH3 is 1. The van der Waals surface area contributed by atoms with E-state index in [4.69, 9.17) is 15.2 Å². The number of hydrogen-bond donors (Lipinski definition) is 1. The number of ether oxygens (including phenoxy) is 2. The minimum absolute atomic E-state index is 0.221. The number of nitrogens with two attached hydrogens (primary N) is 1. The molecule has 1 unspecified atom stereocenters. The normalized spacial score (nSPS) is 19.3. The maximum Gasteiger partial charge on any atom is 0.225 e. The zero-order chi connectivity index (χ0) is 12.3.